The fraction of sp³-hybridized carbons (Fsp3) is 0.385. The zero-order valence-corrected chi connectivity index (χ0v) is 11.2. The van der Waals surface area contributed by atoms with Crippen LogP contribution in [-0.4, -0.2) is 16.5 Å². The van der Waals surface area contributed by atoms with E-state index >= 15 is 0 Å². The molecule has 5 heteroatoms. The first kappa shape index (κ1) is 11.5. The number of fused-ring (bicyclic) bond motifs is 1. The van der Waals surface area contributed by atoms with Crippen LogP contribution in [0.4, 0.5) is 11.6 Å². The molecule has 3 heterocycles. The maximum Gasteiger partial charge on any atom is 0.134 e. The largest absolute Gasteiger partial charge is 0.384 e. The van der Waals surface area contributed by atoms with Crippen LogP contribution in [0.1, 0.15) is 23.2 Å². The van der Waals surface area contributed by atoms with Gasteiger partial charge < -0.3 is 10.6 Å². The van der Waals surface area contributed by atoms with Gasteiger partial charge in [0.1, 0.15) is 17.5 Å². The molecule has 0 radical (unpaired) electrons. The Labute approximate surface area is 110 Å². The van der Waals surface area contributed by atoms with E-state index < -0.39 is 0 Å². The van der Waals surface area contributed by atoms with Crippen molar-refractivity contribution in [2.75, 3.05) is 17.2 Å². The van der Waals surface area contributed by atoms with Gasteiger partial charge in [-0.1, -0.05) is 6.92 Å². The van der Waals surface area contributed by atoms with Gasteiger partial charge in [0, 0.05) is 30.5 Å². The third kappa shape index (κ3) is 2.06. The Morgan fingerprint density at radius 2 is 2.33 bits per heavy atom. The van der Waals surface area contributed by atoms with E-state index in [1.54, 1.807) is 0 Å². The van der Waals surface area contributed by atoms with E-state index in [9.17, 15) is 0 Å². The highest BCUT2D eigenvalue weighted by molar-refractivity contribution is 7.10. The molecular formula is C13H16N4S. The molecule has 2 aromatic heterocycles. The Balaban J connectivity index is 1.90. The predicted octanol–water partition coefficient (Wildman–Crippen LogP) is 2.25. The normalized spacial score (nSPS) is 14.6. The molecule has 0 bridgehead atoms. The highest BCUT2D eigenvalue weighted by Crippen LogP contribution is 2.27. The minimum absolute atomic E-state index is 0.563. The van der Waals surface area contributed by atoms with E-state index in [4.69, 9.17) is 5.73 Å². The number of hydrogen-bond acceptors (Lipinski definition) is 5. The number of aromatic nitrogens is 2. The van der Waals surface area contributed by atoms with Gasteiger partial charge in [0.05, 0.1) is 0 Å². The van der Waals surface area contributed by atoms with Gasteiger partial charge in [-0.05, 0) is 23.4 Å². The van der Waals surface area contributed by atoms with Gasteiger partial charge in [0.25, 0.3) is 0 Å². The van der Waals surface area contributed by atoms with Crippen LogP contribution in [0.25, 0.3) is 0 Å². The first-order valence-electron chi connectivity index (χ1n) is 6.20. The molecule has 0 aliphatic carbocycles. The molecule has 4 nitrogen and oxygen atoms in total. The van der Waals surface area contributed by atoms with Crippen molar-refractivity contribution in [1.29, 1.82) is 0 Å². The first-order chi connectivity index (χ1) is 8.76. The average molecular weight is 260 g/mol. The smallest absolute Gasteiger partial charge is 0.134 e. The Hall–Kier alpha value is -1.62. The molecule has 94 valence electrons. The number of nitrogens with zero attached hydrogens (tertiary/aromatic N) is 3. The zero-order chi connectivity index (χ0) is 12.5. The molecule has 1 aliphatic heterocycles. The lowest BCUT2D eigenvalue weighted by Crippen LogP contribution is -2.30. The molecule has 3 rings (SSSR count). The quantitative estimate of drug-likeness (QED) is 0.899. The minimum atomic E-state index is 0.563. The summed E-state index contributed by atoms with van der Waals surface area (Å²) in [7, 11) is 0. The monoisotopic (exact) mass is 260 g/mol. The Kier molecular flexibility index (Phi) is 2.91. The first-order valence-corrected chi connectivity index (χ1v) is 7.08. The molecule has 2 N–H and O–H groups in total. The van der Waals surface area contributed by atoms with E-state index in [2.05, 4.69) is 26.3 Å². The molecule has 0 saturated carbocycles. The average Bonchev–Trinajstić information content (AvgIpc) is 2.85. The second-order valence-corrected chi connectivity index (χ2v) is 5.46. The van der Waals surface area contributed by atoms with Crippen molar-refractivity contribution in [2.45, 2.75) is 26.3 Å². The molecule has 0 saturated heterocycles. The van der Waals surface area contributed by atoms with Crippen molar-refractivity contribution in [2.24, 2.45) is 0 Å². The molecule has 0 atom stereocenters. The maximum absolute atomic E-state index is 5.84. The van der Waals surface area contributed by atoms with Gasteiger partial charge in [-0.25, -0.2) is 9.97 Å². The van der Waals surface area contributed by atoms with Crippen LogP contribution in [0, 0.1) is 0 Å². The predicted molar refractivity (Wildman–Crippen MR) is 74.9 cm³/mol. The van der Waals surface area contributed by atoms with Crippen molar-refractivity contribution in [1.82, 2.24) is 9.97 Å². The summed E-state index contributed by atoms with van der Waals surface area (Å²) in [5, 5.41) is 2.17. The van der Waals surface area contributed by atoms with Crippen LogP contribution in [0.2, 0.25) is 0 Å². The molecule has 0 amide bonds. The number of nitrogens with two attached hydrogens (primary N) is 1. The summed E-state index contributed by atoms with van der Waals surface area (Å²) in [6, 6.07) is 4.08. The fourth-order valence-electron chi connectivity index (χ4n) is 2.27. The van der Waals surface area contributed by atoms with Crippen molar-refractivity contribution in [3.8, 4) is 0 Å². The van der Waals surface area contributed by atoms with Crippen LogP contribution < -0.4 is 10.6 Å². The Morgan fingerprint density at radius 3 is 3.17 bits per heavy atom. The molecule has 0 unspecified atom stereocenters. The number of anilines is 2. The van der Waals surface area contributed by atoms with Crippen molar-refractivity contribution < 1.29 is 0 Å². The maximum atomic E-state index is 5.84. The van der Waals surface area contributed by atoms with Gasteiger partial charge in [-0.2, -0.15) is 0 Å². The fourth-order valence-corrected chi connectivity index (χ4v) is 3.16. The second-order valence-electron chi connectivity index (χ2n) is 4.46. The van der Waals surface area contributed by atoms with Crippen LogP contribution >= 0.6 is 11.3 Å². The number of nitrogen functional groups attached to an aromatic ring is 1. The molecule has 1 aliphatic rings. The number of hydrogen-bond donors (Lipinski definition) is 1. The third-order valence-electron chi connectivity index (χ3n) is 3.23. The summed E-state index contributed by atoms with van der Waals surface area (Å²) < 4.78 is 0. The summed E-state index contributed by atoms with van der Waals surface area (Å²) in [6.45, 7) is 3.98. The molecule has 0 fully saturated rings. The number of rotatable bonds is 2. The molecule has 2 aromatic rings. The highest BCUT2D eigenvalue weighted by atomic mass is 32.1. The zero-order valence-electron chi connectivity index (χ0n) is 10.4. The SMILES string of the molecule is CCc1nc(N)cc(N2CCc3sccc3C2)n1. The van der Waals surface area contributed by atoms with Crippen LogP contribution in [0.5, 0.6) is 0 Å². The van der Waals surface area contributed by atoms with E-state index in [0.717, 1.165) is 37.6 Å². The molecule has 0 spiro atoms. The van der Waals surface area contributed by atoms with Crippen LogP contribution in [-0.2, 0) is 19.4 Å². The lowest BCUT2D eigenvalue weighted by atomic mass is 10.1. The van der Waals surface area contributed by atoms with Gasteiger partial charge in [0.2, 0.25) is 0 Å². The molecule has 0 aromatic carbocycles. The van der Waals surface area contributed by atoms with E-state index in [-0.39, 0.29) is 0 Å². The van der Waals surface area contributed by atoms with Gasteiger partial charge in [0.15, 0.2) is 0 Å². The van der Waals surface area contributed by atoms with Crippen LogP contribution in [0.3, 0.4) is 0 Å². The van der Waals surface area contributed by atoms with Gasteiger partial charge in [-0.3, -0.25) is 0 Å². The minimum Gasteiger partial charge on any atom is -0.384 e. The molecule has 18 heavy (non-hydrogen) atoms. The lowest BCUT2D eigenvalue weighted by Gasteiger charge is -2.28. The van der Waals surface area contributed by atoms with E-state index in [0.29, 0.717) is 5.82 Å². The summed E-state index contributed by atoms with van der Waals surface area (Å²) >= 11 is 1.85. The second kappa shape index (κ2) is 4.57. The van der Waals surface area contributed by atoms with Crippen molar-refractivity contribution in [3.05, 3.63) is 33.8 Å². The van der Waals surface area contributed by atoms with E-state index in [1.807, 2.05) is 24.3 Å². The Bertz CT molecular complexity index is 564. The topological polar surface area (TPSA) is 55.0 Å². The Morgan fingerprint density at radius 1 is 1.44 bits per heavy atom. The van der Waals surface area contributed by atoms with Gasteiger partial charge in [-0.15, -0.1) is 11.3 Å². The van der Waals surface area contributed by atoms with Crippen LogP contribution in [0.15, 0.2) is 17.5 Å². The number of thiophene rings is 1. The summed E-state index contributed by atoms with van der Waals surface area (Å²) in [4.78, 5) is 12.6. The summed E-state index contributed by atoms with van der Waals surface area (Å²) in [5.74, 6) is 2.34. The number of aryl methyl sites for hydroxylation is 1. The summed E-state index contributed by atoms with van der Waals surface area (Å²) in [5.41, 5.74) is 7.26. The third-order valence-corrected chi connectivity index (χ3v) is 4.25. The highest BCUT2D eigenvalue weighted by Gasteiger charge is 2.19. The standard InChI is InChI=1S/C13H16N4S/c1-2-12-15-11(14)7-13(16-12)17-5-3-10-9(8-17)4-6-18-10/h4,6-7H,2-3,5,8H2,1H3,(H2,14,15,16). The lowest BCUT2D eigenvalue weighted by molar-refractivity contribution is 0.725. The summed E-state index contributed by atoms with van der Waals surface area (Å²) in [6.07, 6.45) is 1.91. The molecular weight excluding hydrogens is 244 g/mol. The van der Waals surface area contributed by atoms with E-state index in [1.165, 1.54) is 10.4 Å². The van der Waals surface area contributed by atoms with Gasteiger partial charge >= 0.3 is 0 Å². The van der Waals surface area contributed by atoms with Crippen molar-refractivity contribution in [3.63, 3.8) is 0 Å². The van der Waals surface area contributed by atoms with Crippen molar-refractivity contribution >= 4 is 23.0 Å².